The molecule has 2 unspecified atom stereocenters. The van der Waals surface area contributed by atoms with Crippen molar-refractivity contribution in [3.8, 4) is 5.88 Å². The number of pyridine rings is 1. The largest absolute Gasteiger partial charge is 0.474 e. The Labute approximate surface area is 108 Å². The van der Waals surface area contributed by atoms with Crippen LogP contribution in [0, 0.1) is 6.92 Å². The molecule has 2 N–H and O–H groups in total. The Balaban J connectivity index is 2.10. The van der Waals surface area contributed by atoms with Gasteiger partial charge < -0.3 is 15.2 Å². The van der Waals surface area contributed by atoms with E-state index in [0.29, 0.717) is 12.4 Å². The summed E-state index contributed by atoms with van der Waals surface area (Å²) in [5.74, 6) is 0.684. The first-order valence-electron chi connectivity index (χ1n) is 6.57. The summed E-state index contributed by atoms with van der Waals surface area (Å²) in [5.41, 5.74) is 7.63. The summed E-state index contributed by atoms with van der Waals surface area (Å²) in [6, 6.07) is 3.95. The molecule has 0 saturated carbocycles. The molecule has 2 rings (SSSR count). The van der Waals surface area contributed by atoms with E-state index in [2.05, 4.69) is 18.8 Å². The molecular formula is C14H22N2O2. The summed E-state index contributed by atoms with van der Waals surface area (Å²) in [7, 11) is 0. The standard InChI is InChI=1S/C14H22N2O2/c1-9-4-5-12(8-15)14(16-9)18-13-6-10(2)17-11(3)7-13/h4-5,10-11,13H,6-8,15H2,1-3H3. The van der Waals surface area contributed by atoms with Crippen LogP contribution in [-0.2, 0) is 11.3 Å². The van der Waals surface area contributed by atoms with E-state index in [1.165, 1.54) is 0 Å². The maximum Gasteiger partial charge on any atom is 0.218 e. The third-order valence-electron chi connectivity index (χ3n) is 3.23. The lowest BCUT2D eigenvalue weighted by Gasteiger charge is -2.32. The number of ether oxygens (including phenoxy) is 2. The van der Waals surface area contributed by atoms with Crippen molar-refractivity contribution in [3.05, 3.63) is 23.4 Å². The van der Waals surface area contributed by atoms with Gasteiger partial charge in [-0.25, -0.2) is 4.98 Å². The Morgan fingerprint density at radius 3 is 2.61 bits per heavy atom. The highest BCUT2D eigenvalue weighted by molar-refractivity contribution is 5.28. The molecule has 1 aliphatic heterocycles. The highest BCUT2D eigenvalue weighted by atomic mass is 16.5. The molecular weight excluding hydrogens is 228 g/mol. The van der Waals surface area contributed by atoms with Crippen molar-refractivity contribution in [2.24, 2.45) is 5.73 Å². The van der Waals surface area contributed by atoms with Crippen LogP contribution in [0.1, 0.15) is 37.9 Å². The quantitative estimate of drug-likeness (QED) is 0.893. The van der Waals surface area contributed by atoms with Crippen molar-refractivity contribution in [2.75, 3.05) is 0 Å². The van der Waals surface area contributed by atoms with Crippen molar-refractivity contribution >= 4 is 0 Å². The average molecular weight is 250 g/mol. The summed E-state index contributed by atoms with van der Waals surface area (Å²) >= 11 is 0. The lowest BCUT2D eigenvalue weighted by Crippen LogP contribution is -2.36. The van der Waals surface area contributed by atoms with Gasteiger partial charge in [-0.2, -0.15) is 0 Å². The summed E-state index contributed by atoms with van der Waals surface area (Å²) in [6.45, 7) is 6.58. The second-order valence-electron chi connectivity index (χ2n) is 5.09. The Morgan fingerprint density at radius 1 is 1.33 bits per heavy atom. The lowest BCUT2D eigenvalue weighted by molar-refractivity contribution is -0.0731. The fourth-order valence-corrected chi connectivity index (χ4v) is 2.42. The summed E-state index contributed by atoms with van der Waals surface area (Å²) in [5, 5.41) is 0. The topological polar surface area (TPSA) is 57.4 Å². The van der Waals surface area contributed by atoms with E-state index in [4.69, 9.17) is 15.2 Å². The molecule has 0 bridgehead atoms. The zero-order valence-corrected chi connectivity index (χ0v) is 11.3. The van der Waals surface area contributed by atoms with E-state index in [0.717, 1.165) is 24.1 Å². The van der Waals surface area contributed by atoms with E-state index >= 15 is 0 Å². The molecule has 1 aliphatic rings. The summed E-state index contributed by atoms with van der Waals surface area (Å²) < 4.78 is 11.7. The predicted octanol–water partition coefficient (Wildman–Crippen LogP) is 2.18. The molecule has 0 spiro atoms. The Hall–Kier alpha value is -1.13. The number of hydrogen-bond donors (Lipinski definition) is 1. The van der Waals surface area contributed by atoms with Gasteiger partial charge in [0.25, 0.3) is 0 Å². The molecule has 1 aromatic heterocycles. The van der Waals surface area contributed by atoms with Crippen LogP contribution in [0.4, 0.5) is 0 Å². The Kier molecular flexibility index (Phi) is 4.19. The van der Waals surface area contributed by atoms with Crippen LogP contribution in [0.15, 0.2) is 12.1 Å². The van der Waals surface area contributed by atoms with Gasteiger partial charge in [0.2, 0.25) is 5.88 Å². The molecule has 0 aliphatic carbocycles. The minimum Gasteiger partial charge on any atom is -0.474 e. The minimum absolute atomic E-state index is 0.170. The zero-order valence-electron chi connectivity index (χ0n) is 11.3. The summed E-state index contributed by atoms with van der Waals surface area (Å²) in [4.78, 5) is 4.45. The maximum absolute atomic E-state index is 6.03. The molecule has 0 aromatic carbocycles. The molecule has 4 heteroatoms. The maximum atomic E-state index is 6.03. The molecule has 4 nitrogen and oxygen atoms in total. The molecule has 1 saturated heterocycles. The van der Waals surface area contributed by atoms with Crippen molar-refractivity contribution in [3.63, 3.8) is 0 Å². The Bertz CT molecular complexity index is 399. The molecule has 2 atom stereocenters. The second kappa shape index (κ2) is 5.67. The number of nitrogens with zero attached hydrogens (tertiary/aromatic N) is 1. The van der Waals surface area contributed by atoms with E-state index in [9.17, 15) is 0 Å². The van der Waals surface area contributed by atoms with Crippen LogP contribution < -0.4 is 10.5 Å². The van der Waals surface area contributed by atoms with Crippen molar-refractivity contribution in [2.45, 2.75) is 58.5 Å². The van der Waals surface area contributed by atoms with Crippen molar-refractivity contribution in [1.29, 1.82) is 0 Å². The van der Waals surface area contributed by atoms with Crippen LogP contribution in [0.5, 0.6) is 5.88 Å². The normalized spacial score (nSPS) is 28.1. The van der Waals surface area contributed by atoms with Gasteiger partial charge >= 0.3 is 0 Å². The first kappa shape index (κ1) is 13.3. The molecule has 0 amide bonds. The third-order valence-corrected chi connectivity index (χ3v) is 3.23. The SMILES string of the molecule is Cc1ccc(CN)c(OC2CC(C)OC(C)C2)n1. The number of rotatable bonds is 3. The van der Waals surface area contributed by atoms with Gasteiger partial charge in [0.15, 0.2) is 0 Å². The molecule has 18 heavy (non-hydrogen) atoms. The molecule has 100 valence electrons. The van der Waals surface area contributed by atoms with E-state index in [1.54, 1.807) is 0 Å². The van der Waals surface area contributed by atoms with Gasteiger partial charge in [0, 0.05) is 30.6 Å². The van der Waals surface area contributed by atoms with Crippen LogP contribution in [-0.4, -0.2) is 23.3 Å². The van der Waals surface area contributed by atoms with Crippen LogP contribution in [0.3, 0.4) is 0 Å². The highest BCUT2D eigenvalue weighted by Crippen LogP contribution is 2.25. The van der Waals surface area contributed by atoms with Gasteiger partial charge in [-0.15, -0.1) is 0 Å². The van der Waals surface area contributed by atoms with E-state index < -0.39 is 0 Å². The second-order valence-corrected chi connectivity index (χ2v) is 5.09. The van der Waals surface area contributed by atoms with Crippen LogP contribution in [0.25, 0.3) is 0 Å². The van der Waals surface area contributed by atoms with Gasteiger partial charge in [-0.05, 0) is 26.8 Å². The van der Waals surface area contributed by atoms with E-state index in [-0.39, 0.29) is 18.3 Å². The van der Waals surface area contributed by atoms with Gasteiger partial charge in [0.1, 0.15) is 6.10 Å². The van der Waals surface area contributed by atoms with Crippen molar-refractivity contribution in [1.82, 2.24) is 4.98 Å². The van der Waals surface area contributed by atoms with Gasteiger partial charge in [-0.1, -0.05) is 6.07 Å². The fourth-order valence-electron chi connectivity index (χ4n) is 2.42. The number of aromatic nitrogens is 1. The number of hydrogen-bond acceptors (Lipinski definition) is 4. The molecule has 2 heterocycles. The Morgan fingerprint density at radius 2 is 2.00 bits per heavy atom. The monoisotopic (exact) mass is 250 g/mol. The molecule has 0 radical (unpaired) electrons. The molecule has 1 fully saturated rings. The average Bonchev–Trinajstić information content (AvgIpc) is 2.27. The third kappa shape index (κ3) is 3.21. The number of aryl methyl sites for hydroxylation is 1. The zero-order chi connectivity index (χ0) is 13.1. The minimum atomic E-state index is 0.170. The summed E-state index contributed by atoms with van der Waals surface area (Å²) in [6.07, 6.45) is 2.46. The predicted molar refractivity (Wildman–Crippen MR) is 70.5 cm³/mol. The number of nitrogens with two attached hydrogens (primary N) is 1. The van der Waals surface area contributed by atoms with Gasteiger partial charge in [0.05, 0.1) is 12.2 Å². The van der Waals surface area contributed by atoms with Crippen LogP contribution >= 0.6 is 0 Å². The van der Waals surface area contributed by atoms with Crippen LogP contribution in [0.2, 0.25) is 0 Å². The smallest absolute Gasteiger partial charge is 0.218 e. The first-order chi connectivity index (χ1) is 8.58. The fraction of sp³-hybridized carbons (Fsp3) is 0.643. The molecule has 1 aromatic rings. The highest BCUT2D eigenvalue weighted by Gasteiger charge is 2.26. The lowest BCUT2D eigenvalue weighted by atomic mass is 10.0. The van der Waals surface area contributed by atoms with E-state index in [1.807, 2.05) is 19.1 Å². The first-order valence-corrected chi connectivity index (χ1v) is 6.57. The van der Waals surface area contributed by atoms with Gasteiger partial charge in [-0.3, -0.25) is 0 Å². The van der Waals surface area contributed by atoms with Crippen molar-refractivity contribution < 1.29 is 9.47 Å².